The summed E-state index contributed by atoms with van der Waals surface area (Å²) in [6, 6.07) is 0. The Balaban J connectivity index is 3.73. The molecule has 0 aromatic carbocycles. The molecule has 0 amide bonds. The Labute approximate surface area is 89.8 Å². The SMILES string of the molecule is C=CC(N)(CCCCC)CCCCC. The van der Waals surface area contributed by atoms with Gasteiger partial charge >= 0.3 is 0 Å². The third-order valence-electron chi connectivity index (χ3n) is 2.90. The highest BCUT2D eigenvalue weighted by Crippen LogP contribution is 2.20. The van der Waals surface area contributed by atoms with Gasteiger partial charge in [-0.15, -0.1) is 6.58 Å². The molecule has 84 valence electrons. The highest BCUT2D eigenvalue weighted by Gasteiger charge is 2.18. The molecule has 1 heteroatoms. The zero-order valence-electron chi connectivity index (χ0n) is 10.0. The average molecular weight is 197 g/mol. The van der Waals surface area contributed by atoms with Crippen LogP contribution in [-0.4, -0.2) is 5.54 Å². The van der Waals surface area contributed by atoms with E-state index in [0.29, 0.717) is 0 Å². The molecule has 0 saturated heterocycles. The molecule has 0 rings (SSSR count). The zero-order valence-corrected chi connectivity index (χ0v) is 10.0. The van der Waals surface area contributed by atoms with E-state index in [1.54, 1.807) is 0 Å². The standard InChI is InChI=1S/C13H27N/c1-4-7-9-11-13(14,6-3)12-10-8-5-2/h6H,3-5,7-12,14H2,1-2H3. The van der Waals surface area contributed by atoms with E-state index in [1.807, 2.05) is 6.08 Å². The predicted octanol–water partition coefficient (Wildman–Crippen LogP) is 4.03. The maximum absolute atomic E-state index is 6.26. The second-order valence-corrected chi connectivity index (χ2v) is 4.35. The molecule has 0 aliphatic rings. The van der Waals surface area contributed by atoms with Crippen molar-refractivity contribution in [2.75, 3.05) is 0 Å². The Morgan fingerprint density at radius 2 is 1.43 bits per heavy atom. The van der Waals surface area contributed by atoms with Crippen LogP contribution in [0.1, 0.15) is 65.2 Å². The fraction of sp³-hybridized carbons (Fsp3) is 0.846. The van der Waals surface area contributed by atoms with Crippen molar-refractivity contribution in [3.63, 3.8) is 0 Å². The fourth-order valence-electron chi connectivity index (χ4n) is 1.74. The molecule has 0 unspecified atom stereocenters. The second-order valence-electron chi connectivity index (χ2n) is 4.35. The van der Waals surface area contributed by atoms with Crippen molar-refractivity contribution < 1.29 is 0 Å². The van der Waals surface area contributed by atoms with E-state index in [4.69, 9.17) is 5.73 Å². The van der Waals surface area contributed by atoms with Crippen LogP contribution in [-0.2, 0) is 0 Å². The summed E-state index contributed by atoms with van der Waals surface area (Å²) in [5.41, 5.74) is 6.17. The van der Waals surface area contributed by atoms with Gasteiger partial charge in [0, 0.05) is 5.54 Å². The van der Waals surface area contributed by atoms with Gasteiger partial charge in [0.1, 0.15) is 0 Å². The smallest absolute Gasteiger partial charge is 0.0336 e. The lowest BCUT2D eigenvalue weighted by molar-refractivity contribution is 0.411. The Bertz CT molecular complexity index is 130. The van der Waals surface area contributed by atoms with E-state index in [0.717, 1.165) is 12.8 Å². The summed E-state index contributed by atoms with van der Waals surface area (Å²) in [4.78, 5) is 0. The van der Waals surface area contributed by atoms with E-state index in [2.05, 4.69) is 20.4 Å². The molecule has 0 heterocycles. The Kier molecular flexibility index (Phi) is 7.87. The Morgan fingerprint density at radius 3 is 1.71 bits per heavy atom. The van der Waals surface area contributed by atoms with Crippen LogP contribution >= 0.6 is 0 Å². The van der Waals surface area contributed by atoms with Gasteiger partial charge < -0.3 is 5.73 Å². The van der Waals surface area contributed by atoms with Crippen LogP contribution in [0.3, 0.4) is 0 Å². The summed E-state index contributed by atoms with van der Waals surface area (Å²) in [6.07, 6.45) is 11.8. The predicted molar refractivity (Wildman–Crippen MR) is 65.4 cm³/mol. The number of nitrogens with two attached hydrogens (primary N) is 1. The third kappa shape index (κ3) is 6.20. The van der Waals surface area contributed by atoms with E-state index >= 15 is 0 Å². The van der Waals surface area contributed by atoms with E-state index in [1.165, 1.54) is 38.5 Å². The number of hydrogen-bond acceptors (Lipinski definition) is 1. The summed E-state index contributed by atoms with van der Waals surface area (Å²) in [5.74, 6) is 0. The number of hydrogen-bond donors (Lipinski definition) is 1. The van der Waals surface area contributed by atoms with E-state index in [9.17, 15) is 0 Å². The maximum atomic E-state index is 6.26. The molecule has 0 fully saturated rings. The van der Waals surface area contributed by atoms with Crippen molar-refractivity contribution in [3.8, 4) is 0 Å². The van der Waals surface area contributed by atoms with Gasteiger partial charge in [0.25, 0.3) is 0 Å². The number of unbranched alkanes of at least 4 members (excludes halogenated alkanes) is 4. The highest BCUT2D eigenvalue weighted by molar-refractivity contribution is 4.99. The van der Waals surface area contributed by atoms with Crippen LogP contribution < -0.4 is 5.73 Å². The summed E-state index contributed by atoms with van der Waals surface area (Å²) < 4.78 is 0. The molecule has 0 atom stereocenters. The number of rotatable bonds is 9. The van der Waals surface area contributed by atoms with Gasteiger partial charge in [-0.3, -0.25) is 0 Å². The summed E-state index contributed by atoms with van der Waals surface area (Å²) in [5, 5.41) is 0. The Hall–Kier alpha value is -0.300. The van der Waals surface area contributed by atoms with Gasteiger partial charge in [-0.05, 0) is 12.8 Å². The van der Waals surface area contributed by atoms with Crippen molar-refractivity contribution in [2.24, 2.45) is 5.73 Å². The molecular weight excluding hydrogens is 170 g/mol. The topological polar surface area (TPSA) is 26.0 Å². The van der Waals surface area contributed by atoms with Crippen LogP contribution in [0.4, 0.5) is 0 Å². The summed E-state index contributed by atoms with van der Waals surface area (Å²) in [6.45, 7) is 8.32. The monoisotopic (exact) mass is 197 g/mol. The van der Waals surface area contributed by atoms with Gasteiger partial charge in [-0.2, -0.15) is 0 Å². The van der Waals surface area contributed by atoms with Crippen molar-refractivity contribution >= 4 is 0 Å². The van der Waals surface area contributed by atoms with Crippen molar-refractivity contribution in [1.29, 1.82) is 0 Å². The van der Waals surface area contributed by atoms with Crippen LogP contribution in [0, 0.1) is 0 Å². The largest absolute Gasteiger partial charge is 0.322 e. The molecule has 2 N–H and O–H groups in total. The first-order valence-electron chi connectivity index (χ1n) is 6.11. The van der Waals surface area contributed by atoms with Gasteiger partial charge in [-0.25, -0.2) is 0 Å². The van der Waals surface area contributed by atoms with Crippen LogP contribution in [0.15, 0.2) is 12.7 Å². The lowest BCUT2D eigenvalue weighted by Gasteiger charge is -2.25. The van der Waals surface area contributed by atoms with Crippen molar-refractivity contribution in [3.05, 3.63) is 12.7 Å². The third-order valence-corrected chi connectivity index (χ3v) is 2.90. The normalized spacial score (nSPS) is 11.6. The van der Waals surface area contributed by atoms with Gasteiger partial charge in [0.15, 0.2) is 0 Å². The first kappa shape index (κ1) is 13.7. The average Bonchev–Trinajstić information content (AvgIpc) is 2.19. The molecule has 0 radical (unpaired) electrons. The highest BCUT2D eigenvalue weighted by atomic mass is 14.7. The van der Waals surface area contributed by atoms with Crippen molar-refractivity contribution in [1.82, 2.24) is 0 Å². The van der Waals surface area contributed by atoms with Crippen molar-refractivity contribution in [2.45, 2.75) is 70.8 Å². The molecule has 0 bridgehead atoms. The van der Waals surface area contributed by atoms with Gasteiger partial charge in [0.2, 0.25) is 0 Å². The Morgan fingerprint density at radius 1 is 1.00 bits per heavy atom. The van der Waals surface area contributed by atoms with E-state index in [-0.39, 0.29) is 5.54 Å². The molecular formula is C13H27N. The summed E-state index contributed by atoms with van der Waals surface area (Å²) in [7, 11) is 0. The minimum absolute atomic E-state index is 0.0929. The molecule has 0 spiro atoms. The second kappa shape index (κ2) is 8.05. The minimum Gasteiger partial charge on any atom is -0.322 e. The van der Waals surface area contributed by atoms with Gasteiger partial charge in [-0.1, -0.05) is 58.4 Å². The zero-order chi connectivity index (χ0) is 10.9. The maximum Gasteiger partial charge on any atom is 0.0336 e. The fourth-order valence-corrected chi connectivity index (χ4v) is 1.74. The summed E-state index contributed by atoms with van der Waals surface area (Å²) >= 11 is 0. The molecule has 0 aliphatic heterocycles. The van der Waals surface area contributed by atoms with E-state index < -0.39 is 0 Å². The molecule has 0 aliphatic carbocycles. The van der Waals surface area contributed by atoms with Gasteiger partial charge in [0.05, 0.1) is 0 Å². The van der Waals surface area contributed by atoms with Crippen LogP contribution in [0.25, 0.3) is 0 Å². The quantitative estimate of drug-likeness (QED) is 0.438. The lowest BCUT2D eigenvalue weighted by atomic mass is 9.88. The molecule has 14 heavy (non-hydrogen) atoms. The first-order chi connectivity index (χ1) is 6.68. The van der Waals surface area contributed by atoms with Crippen LogP contribution in [0.5, 0.6) is 0 Å². The lowest BCUT2D eigenvalue weighted by Crippen LogP contribution is -2.37. The molecule has 0 aromatic heterocycles. The van der Waals surface area contributed by atoms with Crippen LogP contribution in [0.2, 0.25) is 0 Å². The molecule has 0 aromatic rings. The first-order valence-corrected chi connectivity index (χ1v) is 6.11. The minimum atomic E-state index is -0.0929. The molecule has 1 nitrogen and oxygen atoms in total. The molecule has 0 saturated carbocycles.